The number of nitrogens with zero attached hydrogens (tertiary/aromatic N) is 3. The van der Waals surface area contributed by atoms with Crippen LogP contribution in [0.3, 0.4) is 0 Å². The molecule has 0 aromatic heterocycles. The lowest BCUT2D eigenvalue weighted by atomic mass is 10.1. The summed E-state index contributed by atoms with van der Waals surface area (Å²) in [4.78, 5) is 39.7. The van der Waals surface area contributed by atoms with Gasteiger partial charge in [-0.15, -0.1) is 0 Å². The number of allylic oxidation sites excluding steroid dienone is 4. The number of unbranched alkanes of at least 4 members (excludes halogenated alkanes) is 22. The molecule has 0 aromatic carbocycles. The highest BCUT2D eigenvalue weighted by atomic mass is 16.5. The first-order valence-corrected chi connectivity index (χ1v) is 20.9. The summed E-state index contributed by atoms with van der Waals surface area (Å²) in [6, 6.07) is -0.653. The molecule has 0 aliphatic carbocycles. The van der Waals surface area contributed by atoms with Crippen LogP contribution in [0.5, 0.6) is 0 Å². The van der Waals surface area contributed by atoms with Crippen molar-refractivity contribution >= 4 is 17.8 Å². The highest BCUT2D eigenvalue weighted by Gasteiger charge is 2.17. The molecule has 1 N–H and O–H groups in total. The van der Waals surface area contributed by atoms with Crippen molar-refractivity contribution in [3.63, 3.8) is 0 Å². The maximum Gasteiger partial charge on any atom is 0.305 e. The van der Waals surface area contributed by atoms with E-state index in [-0.39, 0.29) is 44.0 Å². The quantitative estimate of drug-likeness (QED) is 0.0170. The van der Waals surface area contributed by atoms with E-state index in [1.807, 2.05) is 0 Å². The summed E-state index contributed by atoms with van der Waals surface area (Å²) in [5.74, 6) is -0.991. The van der Waals surface area contributed by atoms with Crippen molar-refractivity contribution in [2.45, 2.75) is 206 Å². The minimum absolute atomic E-state index is 0.00624. The summed E-state index contributed by atoms with van der Waals surface area (Å²) < 4.78 is 10.9. The minimum atomic E-state index is -0.653. The van der Waals surface area contributed by atoms with Crippen molar-refractivity contribution in [1.82, 2.24) is 5.32 Å². The topological polar surface area (TPSA) is 130 Å². The Balaban J connectivity index is 4.10. The number of ether oxygens (including phenoxy) is 2. The Morgan fingerprint density at radius 2 is 0.902 bits per heavy atom. The van der Waals surface area contributed by atoms with E-state index < -0.39 is 6.04 Å². The van der Waals surface area contributed by atoms with Crippen LogP contribution in [0.2, 0.25) is 0 Å². The SMILES string of the molecule is CCCCCCCC/C=C\CCCCCCCC(=O)OCC(COC(=O)CCCCCCC/C=C\CCCCCCCC)NC(=O)CCN=[N+]=[N-]. The lowest BCUT2D eigenvalue weighted by Gasteiger charge is -2.19. The van der Waals surface area contributed by atoms with Crippen molar-refractivity contribution in [2.75, 3.05) is 19.8 Å². The van der Waals surface area contributed by atoms with E-state index in [0.29, 0.717) is 12.8 Å². The molecule has 0 aliphatic heterocycles. The first-order chi connectivity index (χ1) is 25.0. The van der Waals surface area contributed by atoms with Crippen LogP contribution < -0.4 is 5.32 Å². The maximum absolute atomic E-state index is 12.4. The third-order valence-electron chi connectivity index (χ3n) is 9.04. The first kappa shape index (κ1) is 48.2. The second kappa shape index (κ2) is 40.0. The van der Waals surface area contributed by atoms with Gasteiger partial charge in [-0.2, -0.15) is 0 Å². The van der Waals surface area contributed by atoms with Gasteiger partial charge >= 0.3 is 11.9 Å². The molecular formula is C42H76N4O5. The lowest BCUT2D eigenvalue weighted by Crippen LogP contribution is -2.42. The molecule has 0 aliphatic rings. The Bertz CT molecular complexity index is 876. The van der Waals surface area contributed by atoms with E-state index in [2.05, 4.69) is 53.5 Å². The maximum atomic E-state index is 12.4. The van der Waals surface area contributed by atoms with Gasteiger partial charge in [0.2, 0.25) is 5.91 Å². The molecule has 0 unspecified atom stereocenters. The lowest BCUT2D eigenvalue weighted by molar-refractivity contribution is -0.149. The van der Waals surface area contributed by atoms with Gasteiger partial charge in [-0.25, -0.2) is 0 Å². The summed E-state index contributed by atoms with van der Waals surface area (Å²) in [5.41, 5.74) is 8.47. The summed E-state index contributed by atoms with van der Waals surface area (Å²) in [5, 5.41) is 6.13. The van der Waals surface area contributed by atoms with Crippen LogP contribution in [-0.2, 0) is 23.9 Å². The van der Waals surface area contributed by atoms with Crippen LogP contribution in [0.4, 0.5) is 0 Å². The van der Waals surface area contributed by atoms with E-state index in [9.17, 15) is 14.4 Å². The third-order valence-corrected chi connectivity index (χ3v) is 9.04. The second-order valence-corrected chi connectivity index (χ2v) is 14.0. The molecule has 9 heteroatoms. The predicted molar refractivity (Wildman–Crippen MR) is 211 cm³/mol. The van der Waals surface area contributed by atoms with Gasteiger partial charge in [-0.1, -0.05) is 146 Å². The number of nitrogens with one attached hydrogen (secondary N) is 1. The van der Waals surface area contributed by atoms with Gasteiger partial charge in [-0.3, -0.25) is 14.4 Å². The monoisotopic (exact) mass is 717 g/mol. The normalized spacial score (nSPS) is 11.4. The molecule has 0 spiro atoms. The molecule has 0 bridgehead atoms. The molecule has 0 aromatic rings. The first-order valence-electron chi connectivity index (χ1n) is 20.9. The minimum Gasteiger partial charge on any atom is -0.463 e. The summed E-state index contributed by atoms with van der Waals surface area (Å²) in [7, 11) is 0. The number of hydrogen-bond acceptors (Lipinski definition) is 6. The van der Waals surface area contributed by atoms with Gasteiger partial charge < -0.3 is 14.8 Å². The Kier molecular flexibility index (Phi) is 37.8. The highest BCUT2D eigenvalue weighted by Crippen LogP contribution is 2.12. The van der Waals surface area contributed by atoms with Crippen LogP contribution in [0.1, 0.15) is 200 Å². The third kappa shape index (κ3) is 38.3. The fraction of sp³-hybridized carbons (Fsp3) is 0.833. The fourth-order valence-corrected chi connectivity index (χ4v) is 5.84. The van der Waals surface area contributed by atoms with Gasteiger partial charge in [-0.05, 0) is 69.7 Å². The van der Waals surface area contributed by atoms with E-state index in [1.165, 1.54) is 103 Å². The van der Waals surface area contributed by atoms with Crippen molar-refractivity contribution in [3.8, 4) is 0 Å². The molecule has 0 atom stereocenters. The van der Waals surface area contributed by atoms with Crippen molar-refractivity contribution in [1.29, 1.82) is 0 Å². The van der Waals surface area contributed by atoms with E-state index in [0.717, 1.165) is 64.2 Å². The zero-order valence-corrected chi connectivity index (χ0v) is 32.9. The van der Waals surface area contributed by atoms with E-state index in [1.54, 1.807) is 0 Å². The Hall–Kier alpha value is -2.80. The molecule has 0 saturated heterocycles. The summed E-state index contributed by atoms with van der Waals surface area (Å²) in [6.45, 7) is 4.39. The average Bonchev–Trinajstić information content (AvgIpc) is 3.12. The van der Waals surface area contributed by atoms with Crippen molar-refractivity contribution in [2.24, 2.45) is 5.11 Å². The smallest absolute Gasteiger partial charge is 0.305 e. The Morgan fingerprint density at radius 3 is 1.27 bits per heavy atom. The molecule has 51 heavy (non-hydrogen) atoms. The molecule has 294 valence electrons. The molecule has 9 nitrogen and oxygen atoms in total. The number of rotatable bonds is 38. The Labute approximate surface area is 312 Å². The average molecular weight is 717 g/mol. The number of carbonyl (C=O) groups excluding carboxylic acids is 3. The molecule has 0 rings (SSSR count). The Morgan fingerprint density at radius 1 is 0.549 bits per heavy atom. The van der Waals surface area contributed by atoms with E-state index >= 15 is 0 Å². The van der Waals surface area contributed by atoms with Crippen LogP contribution in [-0.4, -0.2) is 43.6 Å². The number of esters is 2. The summed E-state index contributed by atoms with van der Waals surface area (Å²) >= 11 is 0. The number of hydrogen-bond donors (Lipinski definition) is 1. The fourth-order valence-electron chi connectivity index (χ4n) is 5.84. The van der Waals surface area contributed by atoms with Crippen molar-refractivity contribution < 1.29 is 23.9 Å². The predicted octanol–water partition coefficient (Wildman–Crippen LogP) is 12.3. The molecule has 1 amide bonds. The molecular weight excluding hydrogens is 640 g/mol. The van der Waals surface area contributed by atoms with Crippen LogP contribution >= 0.6 is 0 Å². The van der Waals surface area contributed by atoms with Crippen molar-refractivity contribution in [3.05, 3.63) is 34.7 Å². The second-order valence-electron chi connectivity index (χ2n) is 14.0. The summed E-state index contributed by atoms with van der Waals surface area (Å²) in [6.07, 6.45) is 40.9. The highest BCUT2D eigenvalue weighted by molar-refractivity contribution is 5.76. The van der Waals surface area contributed by atoms with Gasteiger partial charge in [0.25, 0.3) is 0 Å². The zero-order chi connectivity index (χ0) is 37.3. The van der Waals surface area contributed by atoms with Gasteiger partial charge in [0.15, 0.2) is 0 Å². The molecule has 0 saturated carbocycles. The standard InChI is InChI=1S/C42H76N4O5/c1-3-5-7-9-11-13-15-17-19-21-23-25-27-29-31-33-41(48)50-37-39(45-40(47)35-36-44-46-43)38-51-42(49)34-32-30-28-26-24-22-20-18-16-14-12-10-8-6-4-2/h17-20,39H,3-16,21-38H2,1-2H3,(H,45,47)/b19-17-,20-18-. The number of amides is 1. The molecule has 0 fully saturated rings. The van der Waals surface area contributed by atoms with Crippen LogP contribution in [0.25, 0.3) is 10.4 Å². The largest absolute Gasteiger partial charge is 0.463 e. The molecule has 0 heterocycles. The van der Waals surface area contributed by atoms with Crippen LogP contribution in [0.15, 0.2) is 29.4 Å². The number of azide groups is 1. The molecule has 0 radical (unpaired) electrons. The van der Waals surface area contributed by atoms with E-state index in [4.69, 9.17) is 15.0 Å². The van der Waals surface area contributed by atoms with Crippen LogP contribution in [0, 0.1) is 0 Å². The number of carbonyl (C=O) groups is 3. The van der Waals surface area contributed by atoms with Gasteiger partial charge in [0.1, 0.15) is 13.2 Å². The zero-order valence-electron chi connectivity index (χ0n) is 32.9. The van der Waals surface area contributed by atoms with Gasteiger partial charge in [0, 0.05) is 30.7 Å². The van der Waals surface area contributed by atoms with Gasteiger partial charge in [0.05, 0.1) is 6.04 Å².